The topological polar surface area (TPSA) is 170 Å². The maximum Gasteiger partial charge on any atom is 0.249 e. The number of carbonyl (C=O) groups excluding carboxylic acids is 4. The van der Waals surface area contributed by atoms with E-state index in [-0.39, 0.29) is 25.2 Å². The molecule has 0 aliphatic carbocycles. The average molecular weight is 463 g/mol. The van der Waals surface area contributed by atoms with Crippen LogP contribution >= 0.6 is 0 Å². The molecule has 2 aromatic heterocycles. The van der Waals surface area contributed by atoms with Gasteiger partial charge in [0.25, 0.3) is 0 Å². The van der Waals surface area contributed by atoms with Crippen LogP contribution in [0.1, 0.15) is 25.3 Å². The fraction of sp³-hybridized carbons (Fsp3) is 0.261. The van der Waals surface area contributed by atoms with E-state index in [0.717, 1.165) is 16.5 Å². The number of ketones is 1. The van der Waals surface area contributed by atoms with Gasteiger partial charge in [0, 0.05) is 49.3 Å². The summed E-state index contributed by atoms with van der Waals surface area (Å²) in [4.78, 5) is 60.4. The zero-order valence-electron chi connectivity index (χ0n) is 18.5. The Hall–Kier alpha value is -4.41. The van der Waals surface area contributed by atoms with Crippen LogP contribution in [-0.2, 0) is 25.6 Å². The number of H-pyrrole nitrogens is 1. The van der Waals surface area contributed by atoms with E-state index in [2.05, 4.69) is 30.9 Å². The van der Waals surface area contributed by atoms with E-state index in [9.17, 15) is 19.2 Å². The summed E-state index contributed by atoms with van der Waals surface area (Å²) in [5.74, 6) is -2.05. The molecule has 0 radical (unpaired) electrons. The number of benzene rings is 1. The second kappa shape index (κ2) is 11.5. The summed E-state index contributed by atoms with van der Waals surface area (Å²) in [5, 5.41) is 15.7. The number of hydrogen-bond acceptors (Lipinski definition) is 7. The van der Waals surface area contributed by atoms with Gasteiger partial charge in [-0.1, -0.05) is 18.2 Å². The van der Waals surface area contributed by atoms with E-state index < -0.39 is 35.6 Å². The minimum absolute atomic E-state index is 0.0432. The molecule has 0 unspecified atom stereocenters. The van der Waals surface area contributed by atoms with E-state index in [1.54, 1.807) is 12.3 Å². The molecule has 3 amide bonds. The van der Waals surface area contributed by atoms with Crippen LogP contribution in [0, 0.1) is 5.41 Å². The van der Waals surface area contributed by atoms with E-state index in [4.69, 9.17) is 5.41 Å². The molecule has 0 saturated heterocycles. The lowest BCUT2D eigenvalue weighted by molar-refractivity contribution is -0.130. The number of fused-ring (bicyclic) bond motifs is 1. The fourth-order valence-electron chi connectivity index (χ4n) is 3.44. The molecule has 0 aliphatic rings. The maximum atomic E-state index is 13.1. The van der Waals surface area contributed by atoms with Crippen LogP contribution in [0.15, 0.2) is 48.9 Å². The van der Waals surface area contributed by atoms with Gasteiger partial charge < -0.3 is 21.0 Å². The maximum absolute atomic E-state index is 13.1. The van der Waals surface area contributed by atoms with E-state index >= 15 is 0 Å². The molecular weight excluding hydrogens is 438 g/mol. The molecule has 11 nitrogen and oxygen atoms in total. The molecule has 176 valence electrons. The third kappa shape index (κ3) is 6.55. The zero-order chi connectivity index (χ0) is 24.5. The predicted octanol–water partition coefficient (Wildman–Crippen LogP) is 1.13. The van der Waals surface area contributed by atoms with Gasteiger partial charge in [-0.3, -0.25) is 24.5 Å². The van der Waals surface area contributed by atoms with Gasteiger partial charge in [0.1, 0.15) is 12.1 Å². The predicted molar refractivity (Wildman–Crippen MR) is 125 cm³/mol. The summed E-state index contributed by atoms with van der Waals surface area (Å²) in [5.41, 5.74) is 1.71. The number of hydrogen-bond donors (Lipinski definition) is 5. The van der Waals surface area contributed by atoms with Gasteiger partial charge in [-0.2, -0.15) is 0 Å². The standard InChI is InChI=1S/C23H25N7O4/c1-14(31)28-20(11-15-13-27-18-6-3-2-5-17(15)18)22(34)29-19(8-7-16(32)12-24)21(33)30-23-25-9-4-10-26-23/h2-6,9-10,12-13,19-20,24,27H,7-8,11H2,1H3,(H,28,31)(H,29,34)(H,25,26,30,33)/t19-,20-/m0/s1. The molecule has 3 aromatic rings. The minimum Gasteiger partial charge on any atom is -0.361 e. The number of amides is 3. The molecule has 0 saturated carbocycles. The first-order valence-electron chi connectivity index (χ1n) is 10.6. The molecule has 2 heterocycles. The number of aromatic amines is 1. The Morgan fingerprint density at radius 1 is 1.03 bits per heavy atom. The second-order valence-electron chi connectivity index (χ2n) is 7.59. The van der Waals surface area contributed by atoms with Gasteiger partial charge in [-0.15, -0.1) is 0 Å². The van der Waals surface area contributed by atoms with Crippen molar-refractivity contribution in [3.8, 4) is 0 Å². The number of rotatable bonds is 11. The Morgan fingerprint density at radius 2 is 1.76 bits per heavy atom. The van der Waals surface area contributed by atoms with Crippen molar-refractivity contribution in [1.82, 2.24) is 25.6 Å². The van der Waals surface area contributed by atoms with Crippen molar-refractivity contribution in [1.29, 1.82) is 5.41 Å². The Kier molecular flexibility index (Phi) is 8.16. The monoisotopic (exact) mass is 463 g/mol. The molecule has 0 aliphatic heterocycles. The largest absolute Gasteiger partial charge is 0.361 e. The Labute approximate surface area is 195 Å². The van der Waals surface area contributed by atoms with Crippen molar-refractivity contribution in [3.63, 3.8) is 0 Å². The SMILES string of the molecule is CC(=O)N[C@@H](Cc1c[nH]c2ccccc12)C(=O)N[C@@H](CCC(=O)C=N)C(=O)Nc1ncccn1. The van der Waals surface area contributed by atoms with Gasteiger partial charge in [-0.25, -0.2) is 9.97 Å². The molecule has 2 atom stereocenters. The number of Topliss-reactive ketones (excluding diaryl/α,β-unsaturated/α-hetero) is 1. The lowest BCUT2D eigenvalue weighted by atomic mass is 10.0. The number of nitrogens with one attached hydrogen (secondary N) is 5. The van der Waals surface area contributed by atoms with E-state index in [1.807, 2.05) is 24.3 Å². The smallest absolute Gasteiger partial charge is 0.249 e. The van der Waals surface area contributed by atoms with Gasteiger partial charge >= 0.3 is 0 Å². The number of carbonyl (C=O) groups is 4. The van der Waals surface area contributed by atoms with Crippen LogP contribution < -0.4 is 16.0 Å². The van der Waals surface area contributed by atoms with Crippen molar-refractivity contribution in [2.24, 2.45) is 0 Å². The van der Waals surface area contributed by atoms with Crippen LogP contribution in [-0.4, -0.2) is 56.8 Å². The Balaban J connectivity index is 1.78. The Morgan fingerprint density at radius 3 is 2.47 bits per heavy atom. The van der Waals surface area contributed by atoms with Crippen molar-refractivity contribution in [3.05, 3.63) is 54.5 Å². The average Bonchev–Trinajstić information content (AvgIpc) is 3.24. The first-order chi connectivity index (χ1) is 16.4. The van der Waals surface area contributed by atoms with Crippen LogP contribution in [0.3, 0.4) is 0 Å². The van der Waals surface area contributed by atoms with Gasteiger partial charge in [0.15, 0.2) is 5.78 Å². The first kappa shape index (κ1) is 24.2. The number of para-hydroxylation sites is 1. The minimum atomic E-state index is -1.11. The lowest BCUT2D eigenvalue weighted by Crippen LogP contribution is -2.53. The van der Waals surface area contributed by atoms with Crippen LogP contribution in [0.5, 0.6) is 0 Å². The molecule has 0 spiro atoms. The van der Waals surface area contributed by atoms with Crippen LogP contribution in [0.2, 0.25) is 0 Å². The number of anilines is 1. The summed E-state index contributed by atoms with van der Waals surface area (Å²) in [6, 6.07) is 7.08. The molecule has 0 fully saturated rings. The Bertz CT molecular complexity index is 1190. The van der Waals surface area contributed by atoms with Crippen molar-refractivity contribution < 1.29 is 19.2 Å². The quantitative estimate of drug-likeness (QED) is 0.267. The molecule has 0 bridgehead atoms. The summed E-state index contributed by atoms with van der Waals surface area (Å²) in [7, 11) is 0. The van der Waals surface area contributed by atoms with Crippen molar-refractivity contribution in [2.45, 2.75) is 38.3 Å². The highest BCUT2D eigenvalue weighted by Gasteiger charge is 2.28. The molecule has 11 heteroatoms. The van der Waals surface area contributed by atoms with Crippen LogP contribution in [0.4, 0.5) is 5.95 Å². The van der Waals surface area contributed by atoms with Gasteiger partial charge in [-0.05, 0) is 24.1 Å². The van der Waals surface area contributed by atoms with E-state index in [0.29, 0.717) is 6.21 Å². The van der Waals surface area contributed by atoms with E-state index in [1.165, 1.54) is 19.3 Å². The molecular formula is C23H25N7O4. The first-order valence-corrected chi connectivity index (χ1v) is 10.6. The summed E-state index contributed by atoms with van der Waals surface area (Å²) in [6.45, 7) is 1.30. The normalized spacial score (nSPS) is 12.4. The summed E-state index contributed by atoms with van der Waals surface area (Å²) >= 11 is 0. The summed E-state index contributed by atoms with van der Waals surface area (Å²) < 4.78 is 0. The van der Waals surface area contributed by atoms with Crippen molar-refractivity contribution in [2.75, 3.05) is 5.32 Å². The third-order valence-corrected chi connectivity index (χ3v) is 5.07. The molecule has 34 heavy (non-hydrogen) atoms. The van der Waals surface area contributed by atoms with Gasteiger partial charge in [0.05, 0.1) is 6.21 Å². The third-order valence-electron chi connectivity index (χ3n) is 5.07. The second-order valence-corrected chi connectivity index (χ2v) is 7.59. The highest BCUT2D eigenvalue weighted by Crippen LogP contribution is 2.19. The number of nitrogens with zero attached hydrogens (tertiary/aromatic N) is 2. The highest BCUT2D eigenvalue weighted by atomic mass is 16.2. The molecule has 3 rings (SSSR count). The molecule has 5 N–H and O–H groups in total. The summed E-state index contributed by atoms with van der Waals surface area (Å²) in [6.07, 6.45) is 5.35. The van der Waals surface area contributed by atoms with Crippen LogP contribution in [0.25, 0.3) is 10.9 Å². The van der Waals surface area contributed by atoms with Gasteiger partial charge in [0.2, 0.25) is 23.7 Å². The fourth-order valence-corrected chi connectivity index (χ4v) is 3.44. The molecule has 1 aromatic carbocycles. The van der Waals surface area contributed by atoms with Crippen molar-refractivity contribution >= 4 is 46.6 Å². The lowest BCUT2D eigenvalue weighted by Gasteiger charge is -2.22. The number of aromatic nitrogens is 3. The zero-order valence-corrected chi connectivity index (χ0v) is 18.5. The highest BCUT2D eigenvalue weighted by molar-refractivity contribution is 6.26.